The molecule has 0 saturated carbocycles. The third-order valence-corrected chi connectivity index (χ3v) is 1.54. The Labute approximate surface area is 124 Å². The van der Waals surface area contributed by atoms with Gasteiger partial charge in [0.2, 0.25) is 0 Å². The predicted octanol–water partition coefficient (Wildman–Crippen LogP) is -5.56. The molecule has 0 amide bonds. The predicted molar refractivity (Wildman–Crippen MR) is 54.8 cm³/mol. The number of nitrogens with zero attached hydrogens (tertiary/aromatic N) is 3. The van der Waals surface area contributed by atoms with E-state index in [0.29, 0.717) is 0 Å². The molecule has 0 radical (unpaired) electrons. The van der Waals surface area contributed by atoms with Gasteiger partial charge in [0.15, 0.2) is 0 Å². The van der Waals surface area contributed by atoms with Crippen LogP contribution in [0.4, 0.5) is 0 Å². The van der Waals surface area contributed by atoms with Gasteiger partial charge in [0.1, 0.15) is 0 Å². The minimum absolute atomic E-state index is 0.229. The van der Waals surface area contributed by atoms with Gasteiger partial charge in [-0.05, 0) is 11.8 Å². The number of aliphatic imine (C=N–C) groups is 3. The van der Waals surface area contributed by atoms with Crippen LogP contribution < -0.4 is 20.4 Å². The third-order valence-electron chi connectivity index (χ3n) is 1.29. The van der Waals surface area contributed by atoms with Gasteiger partial charge in [-0.25, -0.2) is 0 Å². The van der Waals surface area contributed by atoms with Crippen LogP contribution >= 0.6 is 0 Å². The number of carbonyl (C=O) groups is 1. The Kier molecular flexibility index (Phi) is 13.8. The molecule has 0 aromatic rings. The Hall–Kier alpha value is -1.32. The first kappa shape index (κ1) is 20.0. The van der Waals surface area contributed by atoms with Gasteiger partial charge in [0.25, 0.3) is 0 Å². The molecule has 9 nitrogen and oxygen atoms in total. The van der Waals surface area contributed by atoms with E-state index in [4.69, 9.17) is 3.50 Å². The molecule has 0 fully saturated rings. The molecule has 0 bridgehead atoms. The molecule has 0 rings (SSSR count). The van der Waals surface area contributed by atoms with Crippen molar-refractivity contribution >= 4 is 36.3 Å². The van der Waals surface area contributed by atoms with Crippen LogP contribution in [0.3, 0.4) is 0 Å². The van der Waals surface area contributed by atoms with Gasteiger partial charge in [-0.2, -0.15) is 0 Å². The first-order chi connectivity index (χ1) is 8.95. The zero-order valence-electron chi connectivity index (χ0n) is 9.41. The van der Waals surface area contributed by atoms with E-state index in [1.165, 1.54) is 0 Å². The molecule has 0 aliphatic heterocycles. The van der Waals surface area contributed by atoms with E-state index in [2.05, 4.69) is 27.6 Å². The molecule has 0 heterocycles. The van der Waals surface area contributed by atoms with Gasteiger partial charge in [-0.15, -0.1) is 5.75 Å². The van der Waals surface area contributed by atoms with Crippen molar-refractivity contribution in [3.8, 4) is 0 Å². The summed E-state index contributed by atoms with van der Waals surface area (Å²) in [6, 6.07) is 0. The molecular formula is C8H8N3O6STc-2. The normalized spacial score (nSPS) is 12.5. The Morgan fingerprint density at radius 3 is 1.58 bits per heavy atom. The summed E-state index contributed by atoms with van der Waals surface area (Å²) in [6.07, 6.45) is 0. The number of carboxylic acid groups (broad SMARTS) is 1. The molecule has 0 N–H and O–H groups in total. The van der Waals surface area contributed by atoms with E-state index < -0.39 is 43.3 Å². The van der Waals surface area contributed by atoms with E-state index >= 15 is 0 Å². The zero-order chi connectivity index (χ0) is 15.3. The van der Waals surface area contributed by atoms with Gasteiger partial charge in [-0.3, -0.25) is 9.98 Å². The van der Waals surface area contributed by atoms with Crippen LogP contribution in [0.2, 0.25) is 0 Å². The fraction of sp³-hybridized carbons (Fsp3) is 0.500. The molecule has 0 aliphatic rings. The van der Waals surface area contributed by atoms with Crippen molar-refractivity contribution in [1.82, 2.24) is 0 Å². The van der Waals surface area contributed by atoms with Crippen molar-refractivity contribution in [2.24, 2.45) is 15.0 Å². The minimum atomic E-state index is -1.50. The molecule has 0 aliphatic carbocycles. The standard InChI is InChI=1S/C8H13N3O5S.O.Tc/c12-5(2-10-7(14)4-17)9-1-6(13)11-3-8(15)16;;/h17H,1-4H2,(H,9,12)(H,10,14)(H,11,13)(H,15,16);;/q;;+3/p-5/i;;1+1. The second-order valence-electron chi connectivity index (χ2n) is 2.65. The van der Waals surface area contributed by atoms with E-state index in [1.54, 1.807) is 0 Å². The van der Waals surface area contributed by atoms with Crippen LogP contribution in [-0.4, -0.2) is 49.0 Å². The summed E-state index contributed by atoms with van der Waals surface area (Å²) in [4.78, 5) is 19.5. The van der Waals surface area contributed by atoms with Crippen LogP contribution in [0.1, 0.15) is 0 Å². The van der Waals surface area contributed by atoms with Crippen molar-refractivity contribution < 1.29 is 47.6 Å². The maximum atomic E-state index is 10.9. The summed E-state index contributed by atoms with van der Waals surface area (Å²) in [5, 5.41) is 42.3. The number of hydrogen-bond donors (Lipinski definition) is 0. The number of aliphatic carboxylic acids is 1. The molecule has 0 aromatic carbocycles. The molecule has 0 spiro atoms. The SMILES string of the molecule is O=C([O-])CN=C([O-])CN=C([O-])CN=C([O-])C[S-].[O]=[99Tc+3]. The topological polar surface area (TPSA) is 163 Å². The van der Waals surface area contributed by atoms with Crippen molar-refractivity contribution in [2.45, 2.75) is 0 Å². The fourth-order valence-electron chi connectivity index (χ4n) is 0.610. The van der Waals surface area contributed by atoms with Crippen LogP contribution in [-0.2, 0) is 39.8 Å². The van der Waals surface area contributed by atoms with Crippen LogP contribution in [0, 0.1) is 0 Å². The van der Waals surface area contributed by atoms with E-state index in [1.807, 2.05) is 0 Å². The second kappa shape index (κ2) is 13.1. The van der Waals surface area contributed by atoms with Gasteiger partial charge >= 0.3 is 22.4 Å². The number of carboxylic acids is 1. The summed E-state index contributed by atoms with van der Waals surface area (Å²) >= 11 is 5.28. The van der Waals surface area contributed by atoms with Crippen molar-refractivity contribution in [2.75, 3.05) is 25.4 Å². The number of rotatable bonds is 7. The van der Waals surface area contributed by atoms with E-state index in [0.717, 1.165) is 18.9 Å². The fourth-order valence-corrected chi connectivity index (χ4v) is 0.701. The van der Waals surface area contributed by atoms with Gasteiger partial charge in [0, 0.05) is 0 Å². The summed E-state index contributed by atoms with van der Waals surface area (Å²) in [5.74, 6) is -3.99. The Morgan fingerprint density at radius 2 is 1.21 bits per heavy atom. The Morgan fingerprint density at radius 1 is 0.842 bits per heavy atom. The molecular weight excluding hydrogens is 365 g/mol. The van der Waals surface area contributed by atoms with Crippen molar-refractivity contribution in [3.05, 3.63) is 0 Å². The number of hydrogen-bond acceptors (Lipinski definition) is 10. The first-order valence-electron chi connectivity index (χ1n) is 4.50. The van der Waals surface area contributed by atoms with Crippen LogP contribution in [0.25, 0.3) is 0 Å². The molecule has 11 heteroatoms. The average Bonchev–Trinajstić information content (AvgIpc) is 2.42. The monoisotopic (exact) mass is 373 g/mol. The quantitative estimate of drug-likeness (QED) is 0.244. The van der Waals surface area contributed by atoms with Crippen molar-refractivity contribution in [3.63, 3.8) is 0 Å². The second-order valence-corrected chi connectivity index (χ2v) is 2.93. The summed E-state index contributed by atoms with van der Waals surface area (Å²) in [5.41, 5.74) is 0. The average molecular weight is 373 g/mol. The zero-order valence-corrected chi connectivity index (χ0v) is 12.1. The molecule has 0 saturated heterocycles. The van der Waals surface area contributed by atoms with E-state index in [-0.39, 0.29) is 5.75 Å². The van der Waals surface area contributed by atoms with E-state index in [9.17, 15) is 25.2 Å². The molecule has 106 valence electrons. The number of carbonyl (C=O) groups excluding carboxylic acids is 1. The first-order valence-corrected chi connectivity index (χ1v) is 5.83. The summed E-state index contributed by atoms with van der Waals surface area (Å²) in [6.45, 7) is -1.84. The summed E-state index contributed by atoms with van der Waals surface area (Å²) in [7, 11) is 0. The van der Waals surface area contributed by atoms with Gasteiger partial charge < -0.3 is 42.8 Å². The Balaban J connectivity index is 0. The molecule has 0 unspecified atom stereocenters. The molecule has 19 heavy (non-hydrogen) atoms. The van der Waals surface area contributed by atoms with Crippen LogP contribution in [0.15, 0.2) is 15.0 Å². The maximum absolute atomic E-state index is 10.9. The Bertz CT molecular complexity index is 373. The van der Waals surface area contributed by atoms with Crippen molar-refractivity contribution in [1.29, 1.82) is 0 Å². The summed E-state index contributed by atoms with van der Waals surface area (Å²) < 4.78 is 8.22. The van der Waals surface area contributed by atoms with Gasteiger partial charge in [0.05, 0.1) is 25.6 Å². The van der Waals surface area contributed by atoms with Crippen LogP contribution in [0.5, 0.6) is 0 Å². The third kappa shape index (κ3) is 14.6. The molecule has 0 aromatic heterocycles. The molecule has 0 atom stereocenters. The van der Waals surface area contributed by atoms with Gasteiger partial charge in [-0.1, -0.05) is 5.90 Å².